The van der Waals surface area contributed by atoms with Crippen LogP contribution in [0.5, 0.6) is 0 Å². The maximum atomic E-state index is 14.0. The van der Waals surface area contributed by atoms with Crippen LogP contribution in [0.3, 0.4) is 0 Å². The quantitative estimate of drug-likeness (QED) is 0.450. The van der Waals surface area contributed by atoms with E-state index in [1.54, 1.807) is 24.3 Å². The van der Waals surface area contributed by atoms with Gasteiger partial charge in [0, 0.05) is 31.2 Å². The minimum atomic E-state index is -3.74. The maximum Gasteiger partial charge on any atom is 0.326 e. The van der Waals surface area contributed by atoms with Gasteiger partial charge in [0.15, 0.2) is 5.54 Å². The predicted molar refractivity (Wildman–Crippen MR) is 150 cm³/mol. The van der Waals surface area contributed by atoms with Crippen molar-refractivity contribution in [1.29, 1.82) is 0 Å². The van der Waals surface area contributed by atoms with Crippen molar-refractivity contribution >= 4 is 39.5 Å². The molecule has 4 amide bonds. The number of benzene rings is 3. The summed E-state index contributed by atoms with van der Waals surface area (Å²) >= 11 is 5.88. The van der Waals surface area contributed by atoms with E-state index >= 15 is 0 Å². The van der Waals surface area contributed by atoms with E-state index in [0.29, 0.717) is 16.1 Å². The molecule has 3 aromatic rings. The Hall–Kier alpha value is -3.73. The molecule has 2 aliphatic rings. The molecule has 2 heterocycles. The topological polar surface area (TPSA) is 107 Å². The number of carbonyl (C=O) groups is 3. The van der Waals surface area contributed by atoms with Crippen molar-refractivity contribution in [2.24, 2.45) is 0 Å². The normalized spacial score (nSPS) is 17.7. The van der Waals surface area contributed by atoms with Gasteiger partial charge in [-0.2, -0.15) is 4.31 Å². The molecular weight excluding hydrogens is 552 g/mol. The highest BCUT2D eigenvalue weighted by molar-refractivity contribution is 7.89. The number of carbonyl (C=O) groups excluding carboxylic acids is 3. The van der Waals surface area contributed by atoms with Gasteiger partial charge in [-0.05, 0) is 49.2 Å². The lowest BCUT2D eigenvalue weighted by atomic mass is 9.82. The van der Waals surface area contributed by atoms with Gasteiger partial charge in [0.25, 0.3) is 5.91 Å². The molecule has 0 aromatic heterocycles. The number of imide groups is 1. The molecule has 2 fully saturated rings. The zero-order chi connectivity index (χ0) is 28.7. The van der Waals surface area contributed by atoms with Crippen LogP contribution in [0, 0.1) is 13.8 Å². The summed E-state index contributed by atoms with van der Waals surface area (Å²) in [7, 11) is -3.74. The molecule has 9 nitrogen and oxygen atoms in total. The molecule has 2 saturated heterocycles. The third kappa shape index (κ3) is 4.98. The van der Waals surface area contributed by atoms with Crippen molar-refractivity contribution in [3.63, 3.8) is 0 Å². The first kappa shape index (κ1) is 27.8. The molecule has 0 saturated carbocycles. The Balaban J connectivity index is 1.33. The summed E-state index contributed by atoms with van der Waals surface area (Å²) in [5.41, 5.74) is 1.73. The molecule has 11 heteroatoms. The summed E-state index contributed by atoms with van der Waals surface area (Å²) < 4.78 is 27.3. The second kappa shape index (κ2) is 10.7. The molecular formula is C29H29ClN4O5S. The number of amides is 4. The summed E-state index contributed by atoms with van der Waals surface area (Å²) in [6.07, 6.45) is 0. The molecule has 3 aromatic carbocycles. The number of nitrogens with zero attached hydrogens (tertiary/aromatic N) is 3. The predicted octanol–water partition coefficient (Wildman–Crippen LogP) is 3.29. The van der Waals surface area contributed by atoms with E-state index in [2.05, 4.69) is 5.32 Å². The number of sulfonamides is 1. The molecule has 0 spiro atoms. The van der Waals surface area contributed by atoms with Gasteiger partial charge in [0.2, 0.25) is 15.9 Å². The van der Waals surface area contributed by atoms with E-state index in [1.165, 1.54) is 33.5 Å². The fourth-order valence-electron chi connectivity index (χ4n) is 5.05. The van der Waals surface area contributed by atoms with Gasteiger partial charge >= 0.3 is 6.03 Å². The van der Waals surface area contributed by atoms with E-state index in [-0.39, 0.29) is 31.1 Å². The zero-order valence-corrected chi connectivity index (χ0v) is 23.7. The number of piperazine rings is 1. The third-order valence-electron chi connectivity index (χ3n) is 7.41. The van der Waals surface area contributed by atoms with Crippen LogP contribution < -0.4 is 5.32 Å². The summed E-state index contributed by atoms with van der Waals surface area (Å²) in [5.74, 6) is -0.974. The van der Waals surface area contributed by atoms with Gasteiger partial charge in [-0.15, -0.1) is 0 Å². The van der Waals surface area contributed by atoms with Crippen molar-refractivity contribution in [3.05, 3.63) is 100 Å². The average Bonchev–Trinajstić information content (AvgIpc) is 3.19. The first-order valence-electron chi connectivity index (χ1n) is 12.8. The van der Waals surface area contributed by atoms with Crippen molar-refractivity contribution in [2.45, 2.75) is 24.3 Å². The second-order valence-corrected chi connectivity index (χ2v) is 12.4. The van der Waals surface area contributed by atoms with Crippen LogP contribution in [0.2, 0.25) is 5.02 Å². The molecule has 40 heavy (non-hydrogen) atoms. The minimum Gasteiger partial charge on any atom is -0.338 e. The Morgan fingerprint density at radius 2 is 1.32 bits per heavy atom. The lowest BCUT2D eigenvalue weighted by Crippen LogP contribution is -2.53. The lowest BCUT2D eigenvalue weighted by Gasteiger charge is -2.34. The lowest BCUT2D eigenvalue weighted by molar-refractivity contribution is -0.139. The van der Waals surface area contributed by atoms with Gasteiger partial charge in [-0.25, -0.2) is 13.2 Å². The van der Waals surface area contributed by atoms with Crippen LogP contribution in [0.4, 0.5) is 4.79 Å². The van der Waals surface area contributed by atoms with Crippen molar-refractivity contribution in [3.8, 4) is 0 Å². The molecule has 2 aliphatic heterocycles. The number of hydrogen-bond acceptors (Lipinski definition) is 5. The SMILES string of the molecule is Cc1ccc(C2(c3ccc(C)cc3)NC(=O)N(CC(=O)N3CCN(S(=O)(=O)c4ccc(Cl)cc4)CC3)C2=O)cc1. The van der Waals surface area contributed by atoms with Gasteiger partial charge in [-0.1, -0.05) is 71.3 Å². The largest absolute Gasteiger partial charge is 0.338 e. The molecule has 1 N–H and O–H groups in total. The number of nitrogens with one attached hydrogen (secondary N) is 1. The van der Waals surface area contributed by atoms with Crippen LogP contribution in [0.25, 0.3) is 0 Å². The number of rotatable bonds is 6. The fourth-order valence-corrected chi connectivity index (χ4v) is 6.60. The Labute approximate surface area is 238 Å². The zero-order valence-electron chi connectivity index (χ0n) is 22.1. The number of halogens is 1. The van der Waals surface area contributed by atoms with E-state index in [1.807, 2.05) is 38.1 Å². The van der Waals surface area contributed by atoms with Crippen LogP contribution >= 0.6 is 11.6 Å². The van der Waals surface area contributed by atoms with E-state index in [0.717, 1.165) is 16.0 Å². The number of hydrogen-bond donors (Lipinski definition) is 1. The highest BCUT2D eigenvalue weighted by Gasteiger charge is 2.54. The summed E-state index contributed by atoms with van der Waals surface area (Å²) in [6.45, 7) is 3.87. The highest BCUT2D eigenvalue weighted by atomic mass is 35.5. The molecule has 0 aliphatic carbocycles. The van der Waals surface area contributed by atoms with Gasteiger partial charge in [0.1, 0.15) is 6.54 Å². The third-order valence-corrected chi connectivity index (χ3v) is 9.58. The maximum absolute atomic E-state index is 14.0. The van der Waals surface area contributed by atoms with Gasteiger partial charge in [0.05, 0.1) is 4.90 Å². The Kier molecular flexibility index (Phi) is 7.43. The number of urea groups is 1. The Morgan fingerprint density at radius 3 is 1.82 bits per heavy atom. The molecule has 5 rings (SSSR count). The monoisotopic (exact) mass is 580 g/mol. The Bertz CT molecular complexity index is 1500. The summed E-state index contributed by atoms with van der Waals surface area (Å²) in [6, 6.07) is 20.0. The smallest absolute Gasteiger partial charge is 0.326 e. The van der Waals surface area contributed by atoms with Crippen LogP contribution in [-0.4, -0.2) is 73.1 Å². The first-order valence-corrected chi connectivity index (χ1v) is 14.7. The second-order valence-electron chi connectivity index (χ2n) is 10.0. The standard InChI is InChI=1S/C29H29ClN4O5S/c1-20-3-7-22(8-4-20)29(23-9-5-21(2)6-10-23)27(36)34(28(37)31-29)19-26(35)32-15-17-33(18-16-32)40(38,39)25-13-11-24(30)12-14-25/h3-14H,15-19H2,1-2H3,(H,31,37). The van der Waals surface area contributed by atoms with E-state index < -0.39 is 40.0 Å². The first-order chi connectivity index (χ1) is 19.0. The molecule has 0 radical (unpaired) electrons. The molecule has 0 bridgehead atoms. The highest BCUT2D eigenvalue weighted by Crippen LogP contribution is 2.36. The number of aryl methyl sites for hydroxylation is 2. The fraction of sp³-hybridized carbons (Fsp3) is 0.276. The van der Waals surface area contributed by atoms with Crippen LogP contribution in [0.15, 0.2) is 77.7 Å². The van der Waals surface area contributed by atoms with Crippen LogP contribution in [0.1, 0.15) is 22.3 Å². The van der Waals surface area contributed by atoms with Crippen molar-refractivity contribution in [1.82, 2.24) is 19.4 Å². The summed E-state index contributed by atoms with van der Waals surface area (Å²) in [4.78, 5) is 43.0. The van der Waals surface area contributed by atoms with Crippen LogP contribution in [-0.2, 0) is 25.2 Å². The minimum absolute atomic E-state index is 0.0908. The molecule has 0 unspecified atom stereocenters. The van der Waals surface area contributed by atoms with E-state index in [9.17, 15) is 22.8 Å². The Morgan fingerprint density at radius 1 is 0.825 bits per heavy atom. The van der Waals surface area contributed by atoms with Gasteiger partial charge < -0.3 is 10.2 Å². The average molecular weight is 581 g/mol. The van der Waals surface area contributed by atoms with Crippen molar-refractivity contribution < 1.29 is 22.8 Å². The molecule has 0 atom stereocenters. The van der Waals surface area contributed by atoms with Crippen molar-refractivity contribution in [2.75, 3.05) is 32.7 Å². The van der Waals surface area contributed by atoms with Gasteiger partial charge in [-0.3, -0.25) is 14.5 Å². The molecule has 208 valence electrons. The van der Waals surface area contributed by atoms with E-state index in [4.69, 9.17) is 11.6 Å². The summed E-state index contributed by atoms with van der Waals surface area (Å²) in [5, 5.41) is 3.30.